The van der Waals surface area contributed by atoms with Crippen molar-refractivity contribution in [2.24, 2.45) is 5.73 Å². The fourth-order valence-corrected chi connectivity index (χ4v) is 8.10. The number of amides is 2. The molecule has 9 nitrogen and oxygen atoms in total. The molecule has 200 valence electrons. The Bertz CT molecular complexity index is 1440. The van der Waals surface area contributed by atoms with Gasteiger partial charge in [-0.2, -0.15) is 4.31 Å². The highest BCUT2D eigenvalue weighted by Crippen LogP contribution is 2.38. The van der Waals surface area contributed by atoms with Crippen LogP contribution in [0.15, 0.2) is 59.5 Å². The van der Waals surface area contributed by atoms with Gasteiger partial charge in [-0.3, -0.25) is 14.5 Å². The molecule has 5 rings (SSSR count). The van der Waals surface area contributed by atoms with Crippen LogP contribution in [0.3, 0.4) is 0 Å². The zero-order valence-corrected chi connectivity index (χ0v) is 22.7. The summed E-state index contributed by atoms with van der Waals surface area (Å²) in [6, 6.07) is 15.4. The topological polar surface area (TPSA) is 122 Å². The largest absolute Gasteiger partial charge is 0.497 e. The maximum atomic E-state index is 13.4. The molecule has 0 spiro atoms. The minimum Gasteiger partial charge on any atom is -0.497 e. The van der Waals surface area contributed by atoms with E-state index in [0.29, 0.717) is 42.1 Å². The number of rotatable bonds is 8. The first-order valence-corrected chi connectivity index (χ1v) is 14.7. The molecule has 0 radical (unpaired) electrons. The van der Waals surface area contributed by atoms with Crippen molar-refractivity contribution >= 4 is 38.2 Å². The normalized spacial score (nSPS) is 18.2. The van der Waals surface area contributed by atoms with E-state index in [4.69, 9.17) is 10.5 Å². The third-order valence-electron chi connectivity index (χ3n) is 7.04. The fraction of sp³-hybridized carbons (Fsp3) is 0.333. The van der Waals surface area contributed by atoms with Gasteiger partial charge in [0.1, 0.15) is 16.8 Å². The number of carbonyl (C=O) groups excluding carboxylic acids is 2. The molecule has 1 atom stereocenters. The van der Waals surface area contributed by atoms with Crippen LogP contribution in [0, 0.1) is 0 Å². The van der Waals surface area contributed by atoms with Crippen LogP contribution in [-0.4, -0.2) is 55.7 Å². The molecule has 0 bridgehead atoms. The van der Waals surface area contributed by atoms with Gasteiger partial charge in [0.25, 0.3) is 5.91 Å². The summed E-state index contributed by atoms with van der Waals surface area (Å²) in [5.41, 5.74) is 8.16. The SMILES string of the molecule is COc1ccc(S(=O)(=O)N2CCCC2C(=O)Nc2sc3c(c2C(N)=O)CCN(Cc2ccccc2)C3)cc1. The molecule has 1 aromatic heterocycles. The second-order valence-electron chi connectivity index (χ2n) is 9.46. The molecule has 38 heavy (non-hydrogen) atoms. The number of methoxy groups -OCH3 is 1. The molecule has 2 aromatic carbocycles. The van der Waals surface area contributed by atoms with Crippen molar-refractivity contribution in [1.29, 1.82) is 0 Å². The maximum absolute atomic E-state index is 13.4. The Morgan fingerprint density at radius 3 is 2.53 bits per heavy atom. The van der Waals surface area contributed by atoms with Crippen LogP contribution in [0.5, 0.6) is 5.75 Å². The summed E-state index contributed by atoms with van der Waals surface area (Å²) in [7, 11) is -2.39. The van der Waals surface area contributed by atoms with Crippen LogP contribution in [0.1, 0.15) is 39.2 Å². The number of ether oxygens (including phenoxy) is 1. The van der Waals surface area contributed by atoms with Crippen LogP contribution >= 0.6 is 11.3 Å². The van der Waals surface area contributed by atoms with Crippen molar-refractivity contribution in [3.8, 4) is 5.75 Å². The Morgan fingerprint density at radius 1 is 1.11 bits per heavy atom. The number of nitrogens with two attached hydrogens (primary N) is 1. The van der Waals surface area contributed by atoms with Crippen molar-refractivity contribution in [1.82, 2.24) is 9.21 Å². The molecule has 3 N–H and O–H groups in total. The molecule has 2 aliphatic heterocycles. The predicted octanol–water partition coefficient (Wildman–Crippen LogP) is 3.21. The number of sulfonamides is 1. The van der Waals surface area contributed by atoms with Gasteiger partial charge >= 0.3 is 0 Å². The van der Waals surface area contributed by atoms with Gasteiger partial charge in [0.05, 0.1) is 17.6 Å². The van der Waals surface area contributed by atoms with E-state index in [2.05, 4.69) is 22.3 Å². The Morgan fingerprint density at radius 2 is 1.84 bits per heavy atom. The molecule has 0 saturated carbocycles. The number of carbonyl (C=O) groups is 2. The van der Waals surface area contributed by atoms with Gasteiger partial charge in [-0.25, -0.2) is 8.42 Å². The van der Waals surface area contributed by atoms with Crippen molar-refractivity contribution in [3.05, 3.63) is 76.2 Å². The van der Waals surface area contributed by atoms with Gasteiger partial charge < -0.3 is 15.8 Å². The molecule has 11 heteroatoms. The van der Waals surface area contributed by atoms with E-state index in [1.807, 2.05) is 18.2 Å². The fourth-order valence-electron chi connectivity index (χ4n) is 5.15. The number of fused-ring (bicyclic) bond motifs is 1. The van der Waals surface area contributed by atoms with Gasteiger partial charge in [0.2, 0.25) is 15.9 Å². The summed E-state index contributed by atoms with van der Waals surface area (Å²) in [5.74, 6) is -0.507. The number of benzene rings is 2. The Kier molecular flexibility index (Phi) is 7.53. The number of hydrogen-bond acceptors (Lipinski definition) is 7. The third kappa shape index (κ3) is 5.19. The number of anilines is 1. The lowest BCUT2D eigenvalue weighted by molar-refractivity contribution is -0.119. The average Bonchev–Trinajstić information content (AvgIpc) is 3.54. The zero-order chi connectivity index (χ0) is 26.9. The van der Waals surface area contributed by atoms with Gasteiger partial charge in [-0.15, -0.1) is 11.3 Å². The van der Waals surface area contributed by atoms with Crippen molar-refractivity contribution in [2.75, 3.05) is 25.5 Å². The number of thiophene rings is 1. The molecular weight excluding hydrogens is 524 g/mol. The van der Waals surface area contributed by atoms with Crippen LogP contribution in [-0.2, 0) is 34.3 Å². The summed E-state index contributed by atoms with van der Waals surface area (Å²) in [5, 5.41) is 3.25. The summed E-state index contributed by atoms with van der Waals surface area (Å²) < 4.78 is 33.1. The van der Waals surface area contributed by atoms with Crippen molar-refractivity contribution in [2.45, 2.75) is 43.3 Å². The van der Waals surface area contributed by atoms with E-state index in [1.165, 1.54) is 40.4 Å². The minimum absolute atomic E-state index is 0.0981. The average molecular weight is 555 g/mol. The quantitative estimate of drug-likeness (QED) is 0.441. The van der Waals surface area contributed by atoms with E-state index in [1.54, 1.807) is 12.1 Å². The summed E-state index contributed by atoms with van der Waals surface area (Å²) in [6.07, 6.45) is 1.60. The van der Waals surface area contributed by atoms with E-state index in [9.17, 15) is 18.0 Å². The van der Waals surface area contributed by atoms with Gasteiger partial charge in [-0.1, -0.05) is 30.3 Å². The lowest BCUT2D eigenvalue weighted by Gasteiger charge is -2.27. The molecule has 1 saturated heterocycles. The second-order valence-corrected chi connectivity index (χ2v) is 12.5. The van der Waals surface area contributed by atoms with Crippen LogP contribution in [0.4, 0.5) is 5.00 Å². The van der Waals surface area contributed by atoms with Crippen LogP contribution < -0.4 is 15.8 Å². The number of hydrogen-bond donors (Lipinski definition) is 2. The number of nitrogens with zero attached hydrogens (tertiary/aromatic N) is 2. The zero-order valence-electron chi connectivity index (χ0n) is 21.1. The van der Waals surface area contributed by atoms with Gasteiger partial charge in [-0.05, 0) is 54.7 Å². The Labute approximate surface area is 226 Å². The Balaban J connectivity index is 1.35. The first-order chi connectivity index (χ1) is 18.3. The standard InChI is InChI=1S/C27H30N4O5S2/c1-36-19-9-11-20(12-10-19)38(34,35)31-14-5-8-22(31)26(33)29-27-24(25(28)32)21-13-15-30(17-23(21)37-27)16-18-6-3-2-4-7-18/h2-4,6-7,9-12,22H,5,8,13-17H2,1H3,(H2,28,32)(H,29,33). The summed E-state index contributed by atoms with van der Waals surface area (Å²) in [4.78, 5) is 29.2. The second kappa shape index (κ2) is 10.9. The summed E-state index contributed by atoms with van der Waals surface area (Å²) in [6.45, 7) is 2.44. The third-order valence-corrected chi connectivity index (χ3v) is 10.1. The summed E-state index contributed by atoms with van der Waals surface area (Å²) >= 11 is 1.34. The van der Waals surface area contributed by atoms with Crippen molar-refractivity contribution in [3.63, 3.8) is 0 Å². The number of primary amides is 1. The Hall–Kier alpha value is -3.25. The molecule has 1 fully saturated rings. The van der Waals surface area contributed by atoms with Crippen LogP contribution in [0.2, 0.25) is 0 Å². The molecular formula is C27H30N4O5S2. The smallest absolute Gasteiger partial charge is 0.251 e. The molecule has 2 amide bonds. The molecule has 2 aliphatic rings. The first kappa shape index (κ1) is 26.4. The van der Waals surface area contributed by atoms with Crippen LogP contribution in [0.25, 0.3) is 0 Å². The monoisotopic (exact) mass is 554 g/mol. The van der Waals surface area contributed by atoms with E-state index >= 15 is 0 Å². The van der Waals surface area contributed by atoms with Gasteiger partial charge in [0.15, 0.2) is 0 Å². The highest BCUT2D eigenvalue weighted by atomic mass is 32.2. The first-order valence-electron chi connectivity index (χ1n) is 12.5. The van der Waals surface area contributed by atoms with E-state index in [0.717, 1.165) is 23.5 Å². The highest BCUT2D eigenvalue weighted by molar-refractivity contribution is 7.89. The number of nitrogens with one attached hydrogen (secondary N) is 1. The van der Waals surface area contributed by atoms with Gasteiger partial charge in [0, 0.05) is 31.1 Å². The minimum atomic E-state index is -3.89. The van der Waals surface area contributed by atoms with E-state index in [-0.39, 0.29) is 11.4 Å². The molecule has 3 heterocycles. The molecule has 0 aliphatic carbocycles. The molecule has 3 aromatic rings. The predicted molar refractivity (Wildman–Crippen MR) is 146 cm³/mol. The van der Waals surface area contributed by atoms with Crippen molar-refractivity contribution < 1.29 is 22.7 Å². The lowest BCUT2D eigenvalue weighted by atomic mass is 10.0. The molecule has 1 unspecified atom stereocenters. The maximum Gasteiger partial charge on any atom is 0.251 e. The van der Waals surface area contributed by atoms with E-state index < -0.39 is 27.9 Å². The lowest BCUT2D eigenvalue weighted by Crippen LogP contribution is -2.43. The highest BCUT2D eigenvalue weighted by Gasteiger charge is 2.40.